The van der Waals surface area contributed by atoms with Crippen molar-refractivity contribution in [2.75, 3.05) is 13.1 Å². The zero-order chi connectivity index (χ0) is 11.3. The van der Waals surface area contributed by atoms with E-state index in [-0.39, 0.29) is 11.8 Å². The van der Waals surface area contributed by atoms with Gasteiger partial charge in [0.25, 0.3) is 0 Å². The molecular weight excluding hydrogens is 194 g/mol. The van der Waals surface area contributed by atoms with Crippen molar-refractivity contribution < 1.29 is 4.79 Å². The van der Waals surface area contributed by atoms with Gasteiger partial charge in [-0.25, -0.2) is 0 Å². The molecule has 1 rings (SSSR count). The second kappa shape index (κ2) is 5.45. The van der Waals surface area contributed by atoms with Crippen molar-refractivity contribution in [1.82, 2.24) is 20.1 Å². The molecule has 3 N–H and O–H groups in total. The van der Waals surface area contributed by atoms with Crippen LogP contribution in [0.3, 0.4) is 0 Å². The lowest BCUT2D eigenvalue weighted by Gasteiger charge is -2.09. The van der Waals surface area contributed by atoms with Crippen molar-refractivity contribution in [3.8, 4) is 0 Å². The Bertz CT molecular complexity index is 322. The Balaban J connectivity index is 2.28. The molecule has 0 aromatic carbocycles. The van der Waals surface area contributed by atoms with Gasteiger partial charge in [0, 0.05) is 32.5 Å². The molecular formula is C9H17N5O. The van der Waals surface area contributed by atoms with Crippen LogP contribution in [0.4, 0.5) is 0 Å². The molecule has 0 bridgehead atoms. The van der Waals surface area contributed by atoms with E-state index < -0.39 is 0 Å². The SMILES string of the molecule is CC(CN)C(=O)NCCc1nncn1C. The third-order valence-electron chi connectivity index (χ3n) is 2.25. The second-order valence-electron chi connectivity index (χ2n) is 3.54. The molecule has 0 spiro atoms. The van der Waals surface area contributed by atoms with Gasteiger partial charge in [-0.3, -0.25) is 4.79 Å². The van der Waals surface area contributed by atoms with E-state index in [9.17, 15) is 4.79 Å². The maximum Gasteiger partial charge on any atom is 0.224 e. The summed E-state index contributed by atoms with van der Waals surface area (Å²) in [6.07, 6.45) is 2.32. The summed E-state index contributed by atoms with van der Waals surface area (Å²) in [6, 6.07) is 0. The van der Waals surface area contributed by atoms with Gasteiger partial charge in [0.2, 0.25) is 5.91 Å². The van der Waals surface area contributed by atoms with E-state index in [1.807, 2.05) is 11.6 Å². The molecule has 6 nitrogen and oxygen atoms in total. The molecule has 15 heavy (non-hydrogen) atoms. The first-order chi connectivity index (χ1) is 7.15. The fourth-order valence-corrected chi connectivity index (χ4v) is 1.11. The average Bonchev–Trinajstić information content (AvgIpc) is 2.63. The summed E-state index contributed by atoms with van der Waals surface area (Å²) in [5.41, 5.74) is 5.38. The van der Waals surface area contributed by atoms with Crippen molar-refractivity contribution in [1.29, 1.82) is 0 Å². The van der Waals surface area contributed by atoms with E-state index in [0.717, 1.165) is 5.82 Å². The quantitative estimate of drug-likeness (QED) is 0.658. The van der Waals surface area contributed by atoms with Gasteiger partial charge in [0.05, 0.1) is 0 Å². The van der Waals surface area contributed by atoms with Gasteiger partial charge in [0.1, 0.15) is 12.2 Å². The third-order valence-corrected chi connectivity index (χ3v) is 2.25. The number of hydrogen-bond donors (Lipinski definition) is 2. The van der Waals surface area contributed by atoms with Gasteiger partial charge < -0.3 is 15.6 Å². The molecule has 0 aliphatic heterocycles. The lowest BCUT2D eigenvalue weighted by atomic mass is 10.2. The number of carbonyl (C=O) groups is 1. The fourth-order valence-electron chi connectivity index (χ4n) is 1.11. The number of nitrogens with zero attached hydrogens (tertiary/aromatic N) is 3. The highest BCUT2D eigenvalue weighted by molar-refractivity contribution is 5.78. The first kappa shape index (κ1) is 11.6. The first-order valence-electron chi connectivity index (χ1n) is 4.95. The Kier molecular flexibility index (Phi) is 4.23. The summed E-state index contributed by atoms with van der Waals surface area (Å²) in [6.45, 7) is 2.74. The van der Waals surface area contributed by atoms with Gasteiger partial charge in [-0.2, -0.15) is 0 Å². The smallest absolute Gasteiger partial charge is 0.224 e. The topological polar surface area (TPSA) is 85.8 Å². The van der Waals surface area contributed by atoms with Gasteiger partial charge in [-0.05, 0) is 0 Å². The Labute approximate surface area is 88.9 Å². The van der Waals surface area contributed by atoms with E-state index >= 15 is 0 Å². The maximum atomic E-state index is 11.4. The Morgan fingerprint density at radius 2 is 2.47 bits per heavy atom. The normalized spacial score (nSPS) is 12.5. The van der Waals surface area contributed by atoms with Gasteiger partial charge in [-0.15, -0.1) is 10.2 Å². The molecule has 0 saturated carbocycles. The van der Waals surface area contributed by atoms with E-state index in [1.165, 1.54) is 0 Å². The molecule has 1 amide bonds. The average molecular weight is 211 g/mol. The van der Waals surface area contributed by atoms with Crippen LogP contribution < -0.4 is 11.1 Å². The molecule has 1 aromatic heterocycles. The summed E-state index contributed by atoms with van der Waals surface area (Å²) in [5.74, 6) is 0.708. The van der Waals surface area contributed by atoms with Crippen molar-refractivity contribution in [3.63, 3.8) is 0 Å². The monoisotopic (exact) mass is 211 g/mol. The van der Waals surface area contributed by atoms with Crippen LogP contribution in [0.25, 0.3) is 0 Å². The molecule has 1 unspecified atom stereocenters. The van der Waals surface area contributed by atoms with Gasteiger partial charge in [-0.1, -0.05) is 6.92 Å². The predicted molar refractivity (Wildman–Crippen MR) is 55.9 cm³/mol. The largest absolute Gasteiger partial charge is 0.355 e. The van der Waals surface area contributed by atoms with Crippen LogP contribution in [0.1, 0.15) is 12.7 Å². The van der Waals surface area contributed by atoms with Crippen LogP contribution in [-0.4, -0.2) is 33.8 Å². The Morgan fingerprint density at radius 1 is 1.73 bits per heavy atom. The van der Waals surface area contributed by atoms with E-state index in [0.29, 0.717) is 19.5 Å². The number of aryl methyl sites for hydroxylation is 1. The minimum absolute atomic E-state index is 0.0142. The predicted octanol–water partition coefficient (Wildman–Crippen LogP) is -0.931. The standard InChI is InChI=1S/C9H17N5O/c1-7(5-10)9(15)11-4-3-8-13-12-6-14(8)2/h6-7H,3-5,10H2,1-2H3,(H,11,15). The highest BCUT2D eigenvalue weighted by Crippen LogP contribution is 1.93. The maximum absolute atomic E-state index is 11.4. The highest BCUT2D eigenvalue weighted by Gasteiger charge is 2.10. The Morgan fingerprint density at radius 3 is 3.00 bits per heavy atom. The minimum atomic E-state index is -0.135. The van der Waals surface area contributed by atoms with E-state index in [2.05, 4.69) is 15.5 Å². The van der Waals surface area contributed by atoms with Crippen molar-refractivity contribution >= 4 is 5.91 Å². The molecule has 0 saturated heterocycles. The second-order valence-corrected chi connectivity index (χ2v) is 3.54. The third kappa shape index (κ3) is 3.32. The van der Waals surface area contributed by atoms with Crippen LogP contribution in [0.15, 0.2) is 6.33 Å². The summed E-state index contributed by atoms with van der Waals surface area (Å²) < 4.78 is 1.83. The van der Waals surface area contributed by atoms with Crippen molar-refractivity contribution in [2.24, 2.45) is 18.7 Å². The molecule has 0 aliphatic carbocycles. The molecule has 1 atom stereocenters. The summed E-state index contributed by atoms with van der Waals surface area (Å²) in [5, 5.41) is 10.5. The van der Waals surface area contributed by atoms with Crippen LogP contribution >= 0.6 is 0 Å². The molecule has 6 heteroatoms. The molecule has 0 aliphatic rings. The number of rotatable bonds is 5. The highest BCUT2D eigenvalue weighted by atomic mass is 16.1. The zero-order valence-corrected chi connectivity index (χ0v) is 9.10. The van der Waals surface area contributed by atoms with E-state index in [1.54, 1.807) is 13.3 Å². The van der Waals surface area contributed by atoms with Gasteiger partial charge in [0.15, 0.2) is 0 Å². The van der Waals surface area contributed by atoms with Crippen LogP contribution in [0.5, 0.6) is 0 Å². The van der Waals surface area contributed by atoms with Crippen LogP contribution in [0, 0.1) is 5.92 Å². The van der Waals surface area contributed by atoms with Crippen molar-refractivity contribution in [3.05, 3.63) is 12.2 Å². The number of nitrogens with two attached hydrogens (primary N) is 1. The van der Waals surface area contributed by atoms with Crippen molar-refractivity contribution in [2.45, 2.75) is 13.3 Å². The molecule has 1 heterocycles. The summed E-state index contributed by atoms with van der Waals surface area (Å²) >= 11 is 0. The molecule has 1 aromatic rings. The molecule has 84 valence electrons. The number of carbonyl (C=O) groups excluding carboxylic acids is 1. The lowest BCUT2D eigenvalue weighted by molar-refractivity contribution is -0.124. The Hall–Kier alpha value is -1.43. The van der Waals surface area contributed by atoms with Crippen LogP contribution in [-0.2, 0) is 18.3 Å². The number of aromatic nitrogens is 3. The van der Waals surface area contributed by atoms with Gasteiger partial charge >= 0.3 is 0 Å². The fraction of sp³-hybridized carbons (Fsp3) is 0.667. The molecule has 0 fully saturated rings. The summed E-state index contributed by atoms with van der Waals surface area (Å²) in [7, 11) is 1.87. The molecule has 0 radical (unpaired) electrons. The van der Waals surface area contributed by atoms with Crippen LogP contribution in [0.2, 0.25) is 0 Å². The lowest BCUT2D eigenvalue weighted by Crippen LogP contribution is -2.34. The zero-order valence-electron chi connectivity index (χ0n) is 9.10. The number of hydrogen-bond acceptors (Lipinski definition) is 4. The number of amides is 1. The van der Waals surface area contributed by atoms with E-state index in [4.69, 9.17) is 5.73 Å². The number of nitrogens with one attached hydrogen (secondary N) is 1. The minimum Gasteiger partial charge on any atom is -0.355 e. The summed E-state index contributed by atoms with van der Waals surface area (Å²) in [4.78, 5) is 11.4. The first-order valence-corrected chi connectivity index (χ1v) is 4.95.